The summed E-state index contributed by atoms with van der Waals surface area (Å²) in [6.45, 7) is 3.31. The number of anilines is 1. The molecular weight excluding hydrogens is 316 g/mol. The van der Waals surface area contributed by atoms with Crippen molar-refractivity contribution in [2.24, 2.45) is 11.0 Å². The van der Waals surface area contributed by atoms with E-state index in [1.54, 1.807) is 26.0 Å². The lowest BCUT2D eigenvalue weighted by Gasteiger charge is -2.13. The molecule has 21 heavy (non-hydrogen) atoms. The van der Waals surface area contributed by atoms with E-state index in [1.165, 1.54) is 0 Å². The summed E-state index contributed by atoms with van der Waals surface area (Å²) < 4.78 is 48.4. The van der Waals surface area contributed by atoms with Crippen molar-refractivity contribution in [3.8, 4) is 0 Å². The molecule has 0 saturated heterocycles. The lowest BCUT2D eigenvalue weighted by molar-refractivity contribution is 0.575. The Bertz CT molecular complexity index is 691. The van der Waals surface area contributed by atoms with Crippen LogP contribution in [0.5, 0.6) is 0 Å². The number of benzene rings is 1. The SMILES string of the molecule is Cc1cc(NN)cc(C)c1S(=O)(=O)NCCCS(N)(=O)=O. The van der Waals surface area contributed by atoms with Gasteiger partial charge in [0.25, 0.3) is 0 Å². The largest absolute Gasteiger partial charge is 0.324 e. The third kappa shape index (κ3) is 5.25. The molecule has 0 unspecified atom stereocenters. The molecule has 0 radical (unpaired) electrons. The smallest absolute Gasteiger partial charge is 0.241 e. The van der Waals surface area contributed by atoms with Crippen LogP contribution in [-0.2, 0) is 20.0 Å². The van der Waals surface area contributed by atoms with Crippen molar-refractivity contribution in [1.82, 2.24) is 4.72 Å². The Hall–Kier alpha value is -1.20. The minimum atomic E-state index is -3.72. The van der Waals surface area contributed by atoms with E-state index in [2.05, 4.69) is 10.1 Å². The molecular formula is C11H20N4O4S2. The van der Waals surface area contributed by atoms with Gasteiger partial charge in [-0.25, -0.2) is 26.7 Å². The first-order valence-corrected chi connectivity index (χ1v) is 9.34. The van der Waals surface area contributed by atoms with Crippen LogP contribution < -0.4 is 21.1 Å². The monoisotopic (exact) mass is 336 g/mol. The van der Waals surface area contributed by atoms with Crippen LogP contribution >= 0.6 is 0 Å². The standard InChI is InChI=1S/C11H20N4O4S2/c1-8-6-10(15-12)7-9(2)11(8)21(18,19)14-4-3-5-20(13,16)17/h6-7,14-15H,3-5,12H2,1-2H3,(H2,13,16,17). The van der Waals surface area contributed by atoms with Crippen molar-refractivity contribution in [1.29, 1.82) is 0 Å². The first kappa shape index (κ1) is 17.9. The first-order chi connectivity index (χ1) is 9.57. The second-order valence-electron chi connectivity index (χ2n) is 4.70. The van der Waals surface area contributed by atoms with Gasteiger partial charge in [-0.05, 0) is 43.5 Å². The van der Waals surface area contributed by atoms with Gasteiger partial charge in [-0.2, -0.15) is 0 Å². The molecule has 6 N–H and O–H groups in total. The van der Waals surface area contributed by atoms with Gasteiger partial charge in [0.2, 0.25) is 20.0 Å². The molecule has 0 aliphatic rings. The zero-order chi connectivity index (χ0) is 16.3. The maximum Gasteiger partial charge on any atom is 0.241 e. The fraction of sp³-hybridized carbons (Fsp3) is 0.455. The zero-order valence-electron chi connectivity index (χ0n) is 11.9. The Morgan fingerprint density at radius 3 is 2.05 bits per heavy atom. The Kier molecular flexibility index (Phi) is 5.70. The lowest BCUT2D eigenvalue weighted by Crippen LogP contribution is -2.28. The Labute approximate surface area is 125 Å². The van der Waals surface area contributed by atoms with Gasteiger partial charge in [0, 0.05) is 12.2 Å². The van der Waals surface area contributed by atoms with Crippen molar-refractivity contribution in [3.05, 3.63) is 23.3 Å². The number of nitrogen functional groups attached to an aromatic ring is 1. The third-order valence-corrected chi connectivity index (χ3v) is 5.42. The van der Waals surface area contributed by atoms with Gasteiger partial charge in [0.1, 0.15) is 0 Å². The summed E-state index contributed by atoms with van der Waals surface area (Å²) in [5.41, 5.74) is 4.16. The van der Waals surface area contributed by atoms with E-state index < -0.39 is 20.0 Å². The Balaban J connectivity index is 2.89. The number of aryl methyl sites for hydroxylation is 2. The van der Waals surface area contributed by atoms with E-state index in [-0.39, 0.29) is 23.6 Å². The molecule has 0 aliphatic heterocycles. The number of hydrogen-bond acceptors (Lipinski definition) is 6. The van der Waals surface area contributed by atoms with Gasteiger partial charge >= 0.3 is 0 Å². The number of nitrogens with two attached hydrogens (primary N) is 2. The van der Waals surface area contributed by atoms with Gasteiger partial charge in [-0.3, -0.25) is 5.84 Å². The van der Waals surface area contributed by atoms with Gasteiger partial charge in [-0.1, -0.05) is 0 Å². The fourth-order valence-corrected chi connectivity index (χ4v) is 4.08. The molecule has 8 nitrogen and oxygen atoms in total. The van der Waals surface area contributed by atoms with E-state index in [9.17, 15) is 16.8 Å². The van der Waals surface area contributed by atoms with Crippen molar-refractivity contribution in [2.45, 2.75) is 25.2 Å². The number of primary sulfonamides is 1. The first-order valence-electron chi connectivity index (χ1n) is 6.15. The van der Waals surface area contributed by atoms with Crippen molar-refractivity contribution >= 4 is 25.7 Å². The van der Waals surface area contributed by atoms with Crippen LogP contribution in [0.4, 0.5) is 5.69 Å². The van der Waals surface area contributed by atoms with Gasteiger partial charge in [0.05, 0.1) is 10.6 Å². The molecule has 0 atom stereocenters. The van der Waals surface area contributed by atoms with Crippen LogP contribution in [0.15, 0.2) is 17.0 Å². The van der Waals surface area contributed by atoms with E-state index >= 15 is 0 Å². The van der Waals surface area contributed by atoms with Crippen LogP contribution in [0.3, 0.4) is 0 Å². The van der Waals surface area contributed by atoms with Crippen LogP contribution in [0.25, 0.3) is 0 Å². The summed E-state index contributed by atoms with van der Waals surface area (Å²) in [5.74, 6) is 5.03. The molecule has 0 heterocycles. The van der Waals surface area contributed by atoms with E-state index in [0.29, 0.717) is 16.8 Å². The normalized spacial score (nSPS) is 12.4. The Morgan fingerprint density at radius 2 is 1.62 bits per heavy atom. The summed E-state index contributed by atoms with van der Waals surface area (Å²) in [6.07, 6.45) is 0.110. The molecule has 0 saturated carbocycles. The van der Waals surface area contributed by atoms with Gasteiger partial charge < -0.3 is 5.43 Å². The van der Waals surface area contributed by atoms with Crippen LogP contribution in [0.2, 0.25) is 0 Å². The number of hydrogen-bond donors (Lipinski definition) is 4. The highest BCUT2D eigenvalue weighted by molar-refractivity contribution is 7.89. The predicted molar refractivity (Wildman–Crippen MR) is 81.5 cm³/mol. The minimum absolute atomic E-state index is 0.00542. The lowest BCUT2D eigenvalue weighted by atomic mass is 10.1. The van der Waals surface area contributed by atoms with E-state index in [1.807, 2.05) is 0 Å². The Morgan fingerprint density at radius 1 is 1.10 bits per heavy atom. The maximum absolute atomic E-state index is 12.3. The molecule has 1 aromatic rings. The second-order valence-corrected chi connectivity index (χ2v) is 8.14. The van der Waals surface area contributed by atoms with Crippen molar-refractivity contribution in [3.63, 3.8) is 0 Å². The van der Waals surface area contributed by atoms with Crippen molar-refractivity contribution < 1.29 is 16.8 Å². The summed E-state index contributed by atoms with van der Waals surface area (Å²) in [5, 5.41) is 4.85. The van der Waals surface area contributed by atoms with Crippen LogP contribution in [0, 0.1) is 13.8 Å². The fourth-order valence-electron chi connectivity index (χ4n) is 2.01. The second kappa shape index (κ2) is 6.71. The molecule has 1 rings (SSSR count). The van der Waals surface area contributed by atoms with E-state index in [0.717, 1.165) is 0 Å². The highest BCUT2D eigenvalue weighted by Crippen LogP contribution is 2.23. The highest BCUT2D eigenvalue weighted by atomic mass is 32.2. The molecule has 120 valence electrons. The van der Waals surface area contributed by atoms with Crippen LogP contribution in [0.1, 0.15) is 17.5 Å². The summed E-state index contributed by atoms with van der Waals surface area (Å²) >= 11 is 0. The summed E-state index contributed by atoms with van der Waals surface area (Å²) in [4.78, 5) is 0.164. The molecule has 0 spiro atoms. The van der Waals surface area contributed by atoms with E-state index in [4.69, 9.17) is 11.0 Å². The summed E-state index contributed by atoms with van der Waals surface area (Å²) in [6, 6.07) is 3.23. The quantitative estimate of drug-likeness (QED) is 0.301. The third-order valence-electron chi connectivity index (χ3n) is 2.79. The average molecular weight is 336 g/mol. The number of nitrogens with one attached hydrogen (secondary N) is 2. The molecule has 0 aliphatic carbocycles. The molecule has 0 amide bonds. The highest BCUT2D eigenvalue weighted by Gasteiger charge is 2.19. The topological polar surface area (TPSA) is 144 Å². The number of sulfonamides is 2. The molecule has 0 bridgehead atoms. The summed E-state index contributed by atoms with van der Waals surface area (Å²) in [7, 11) is -7.31. The maximum atomic E-state index is 12.3. The van der Waals surface area contributed by atoms with Crippen molar-refractivity contribution in [2.75, 3.05) is 17.7 Å². The van der Waals surface area contributed by atoms with Crippen LogP contribution in [-0.4, -0.2) is 29.1 Å². The minimum Gasteiger partial charge on any atom is -0.324 e. The molecule has 0 fully saturated rings. The zero-order valence-corrected chi connectivity index (χ0v) is 13.5. The molecule has 10 heteroatoms. The van der Waals surface area contributed by atoms with Gasteiger partial charge in [-0.15, -0.1) is 0 Å². The number of rotatable bonds is 7. The van der Waals surface area contributed by atoms with Gasteiger partial charge in [0.15, 0.2) is 0 Å². The molecule has 0 aromatic heterocycles. The average Bonchev–Trinajstić information content (AvgIpc) is 2.32. The predicted octanol–water partition coefficient (Wildman–Crippen LogP) is -0.454. The number of hydrazine groups is 1. The molecule has 1 aromatic carbocycles.